The molecule has 3 nitrogen and oxygen atoms in total. The van der Waals surface area contributed by atoms with Crippen LogP contribution in [0, 0.1) is 41.5 Å². The summed E-state index contributed by atoms with van der Waals surface area (Å²) in [7, 11) is -2.67. The van der Waals surface area contributed by atoms with Crippen molar-refractivity contribution >= 4 is 18.8 Å². The first-order valence-corrected chi connectivity index (χ1v) is 9.12. The zero-order chi connectivity index (χ0) is 18.2. The lowest BCUT2D eigenvalue weighted by molar-refractivity contribution is 0.104. The number of aryl methyl sites for hydroxylation is 4. The minimum atomic E-state index is -2.67. The quantitative estimate of drug-likeness (QED) is 0.705. The average Bonchev–Trinajstić information content (AvgIpc) is 2.54. The largest absolute Gasteiger partial charge is 0.501 e. The molecule has 2 rings (SSSR count). The molecule has 0 saturated carbocycles. The molecule has 0 aliphatic heterocycles. The molecule has 2 aromatic carbocycles. The van der Waals surface area contributed by atoms with Crippen molar-refractivity contribution in [2.24, 2.45) is 0 Å². The zero-order valence-electron chi connectivity index (χ0n) is 15.0. The molecule has 0 unspecified atom stereocenters. The van der Waals surface area contributed by atoms with Gasteiger partial charge < -0.3 is 0 Å². The highest BCUT2D eigenvalue weighted by atomic mass is 31.1. The summed E-state index contributed by atoms with van der Waals surface area (Å²) in [5.74, 6) is 0. The van der Waals surface area contributed by atoms with Crippen molar-refractivity contribution in [1.29, 1.82) is 0 Å². The zero-order valence-corrected chi connectivity index (χ0v) is 15.9. The van der Waals surface area contributed by atoms with E-state index in [0.29, 0.717) is 11.1 Å². The van der Waals surface area contributed by atoms with Gasteiger partial charge in [0.25, 0.3) is 0 Å². The molecule has 0 radical (unpaired) electrons. The monoisotopic (exact) mass is 341 g/mol. The Labute approximate surface area is 143 Å². The van der Waals surface area contributed by atoms with E-state index in [-0.39, 0.29) is 0 Å². The molecule has 0 fully saturated rings. The van der Waals surface area contributed by atoms with Crippen LogP contribution in [0.5, 0.6) is 0 Å². The highest BCUT2D eigenvalue weighted by Crippen LogP contribution is 2.36. The minimum absolute atomic E-state index is 0.410. The van der Waals surface area contributed by atoms with Gasteiger partial charge in [-0.2, -0.15) is 0 Å². The normalized spacial score (nSPS) is 10.6. The molecular weight excluding hydrogens is 319 g/mol. The highest BCUT2D eigenvalue weighted by molar-refractivity contribution is 7.80. The Hall–Kier alpha value is -2.12. The van der Waals surface area contributed by atoms with Gasteiger partial charge in [0.05, 0.1) is 11.1 Å². The molecule has 0 aliphatic carbocycles. The van der Waals surface area contributed by atoms with Crippen LogP contribution in [0.15, 0.2) is 24.3 Å². The summed E-state index contributed by atoms with van der Waals surface area (Å²) in [5, 5.41) is 0. The van der Waals surface area contributed by atoms with Crippen molar-refractivity contribution in [3.05, 3.63) is 68.8 Å². The average molecular weight is 341 g/mol. The van der Waals surface area contributed by atoms with Gasteiger partial charge in [0.1, 0.15) is 0 Å². The third kappa shape index (κ3) is 3.09. The summed E-state index contributed by atoms with van der Waals surface area (Å²) in [4.78, 5) is 25.5. The fourth-order valence-electron chi connectivity index (χ4n) is 2.86. The molecule has 24 heavy (non-hydrogen) atoms. The number of rotatable bonds is 4. The Morgan fingerprint density at radius 2 is 0.917 bits per heavy atom. The first-order valence-electron chi connectivity index (χ1n) is 7.86. The molecule has 2 aromatic rings. The molecule has 0 atom stereocenters. The molecule has 0 N–H and O–H groups in total. The molecule has 0 bridgehead atoms. The maximum atomic E-state index is 12.8. The summed E-state index contributed by atoms with van der Waals surface area (Å²) in [6.45, 7) is 11.1. The van der Waals surface area contributed by atoms with Gasteiger partial charge >= 0.3 is 18.8 Å². The summed E-state index contributed by atoms with van der Waals surface area (Å²) in [5.41, 5.74) is 4.63. The van der Waals surface area contributed by atoms with E-state index in [2.05, 4.69) is 0 Å². The van der Waals surface area contributed by atoms with Crippen LogP contribution in [0.2, 0.25) is 0 Å². The van der Waals surface area contributed by atoms with Gasteiger partial charge in [0, 0.05) is 0 Å². The Morgan fingerprint density at radius 1 is 0.625 bits per heavy atom. The predicted octanol–water partition coefficient (Wildman–Crippen LogP) is 5.35. The summed E-state index contributed by atoms with van der Waals surface area (Å²) < 4.78 is 12.7. The molecule has 0 amide bonds. The van der Waals surface area contributed by atoms with Gasteiger partial charge in [-0.3, -0.25) is 0 Å². The number of carbonyl (C=O) groups excluding carboxylic acids is 2. The second-order valence-electron chi connectivity index (χ2n) is 6.30. The lowest BCUT2D eigenvalue weighted by Crippen LogP contribution is -2.09. The SMILES string of the molecule is Cc1ccc(C)c(C(=O)[P+](=O)C(=O)c2c(C)ccc(C)c2C)c1C. The van der Waals surface area contributed by atoms with Gasteiger partial charge in [0.15, 0.2) is 0 Å². The van der Waals surface area contributed by atoms with E-state index in [9.17, 15) is 14.2 Å². The van der Waals surface area contributed by atoms with Gasteiger partial charge in [-0.05, 0) is 74.9 Å². The second-order valence-corrected chi connectivity index (χ2v) is 7.70. The molecule has 0 heterocycles. The number of benzene rings is 2. The fraction of sp³-hybridized carbons (Fsp3) is 0.300. The Kier molecular flexibility index (Phi) is 5.15. The van der Waals surface area contributed by atoms with Gasteiger partial charge in [-0.15, -0.1) is 0 Å². The topological polar surface area (TPSA) is 51.2 Å². The number of carbonyl (C=O) groups is 2. The van der Waals surface area contributed by atoms with Crippen molar-refractivity contribution in [3.8, 4) is 0 Å². The van der Waals surface area contributed by atoms with Gasteiger partial charge in [-0.1, -0.05) is 28.8 Å². The molecule has 0 spiro atoms. The van der Waals surface area contributed by atoms with Crippen molar-refractivity contribution in [2.45, 2.75) is 41.5 Å². The van der Waals surface area contributed by atoms with Crippen molar-refractivity contribution in [1.82, 2.24) is 0 Å². The Morgan fingerprint density at radius 3 is 1.25 bits per heavy atom. The number of hydrogen-bond acceptors (Lipinski definition) is 3. The van der Waals surface area contributed by atoms with Crippen molar-refractivity contribution in [2.75, 3.05) is 0 Å². The lowest BCUT2D eigenvalue weighted by Gasteiger charge is -2.08. The van der Waals surface area contributed by atoms with Crippen LogP contribution in [0.1, 0.15) is 54.1 Å². The van der Waals surface area contributed by atoms with Crippen LogP contribution in [-0.4, -0.2) is 11.0 Å². The first kappa shape index (κ1) is 18.2. The Balaban J connectivity index is 2.51. The van der Waals surface area contributed by atoms with Crippen LogP contribution in [-0.2, 0) is 4.57 Å². The predicted molar refractivity (Wildman–Crippen MR) is 97.6 cm³/mol. The summed E-state index contributed by atoms with van der Waals surface area (Å²) in [6.07, 6.45) is 0. The van der Waals surface area contributed by atoms with E-state index < -0.39 is 18.8 Å². The highest BCUT2D eigenvalue weighted by Gasteiger charge is 2.43. The van der Waals surface area contributed by atoms with E-state index in [4.69, 9.17) is 0 Å². The summed E-state index contributed by atoms with van der Waals surface area (Å²) >= 11 is 0. The molecule has 0 aromatic heterocycles. The number of hydrogen-bond donors (Lipinski definition) is 0. The third-order valence-corrected chi connectivity index (χ3v) is 5.87. The van der Waals surface area contributed by atoms with Crippen LogP contribution in [0.25, 0.3) is 0 Å². The van der Waals surface area contributed by atoms with Crippen molar-refractivity contribution in [3.63, 3.8) is 0 Å². The maximum Gasteiger partial charge on any atom is 0.501 e. The van der Waals surface area contributed by atoms with E-state index in [1.807, 2.05) is 52.0 Å². The van der Waals surface area contributed by atoms with E-state index >= 15 is 0 Å². The van der Waals surface area contributed by atoms with Crippen LogP contribution < -0.4 is 0 Å². The van der Waals surface area contributed by atoms with Crippen LogP contribution in [0.3, 0.4) is 0 Å². The van der Waals surface area contributed by atoms with E-state index in [1.165, 1.54) is 0 Å². The molecule has 0 aliphatic rings. The minimum Gasteiger partial charge on any atom is -0.234 e. The van der Waals surface area contributed by atoms with Crippen LogP contribution >= 0.6 is 7.80 Å². The lowest BCUT2D eigenvalue weighted by atomic mass is 9.99. The molecular formula is C20H22O3P+. The maximum absolute atomic E-state index is 12.8. The molecule has 0 saturated heterocycles. The fourth-order valence-corrected chi connectivity index (χ4v) is 4.13. The van der Waals surface area contributed by atoms with Gasteiger partial charge in [0.2, 0.25) is 0 Å². The standard InChI is InChI=1S/C20H22O3P/c1-11-7-9-13(3)17(15(11)5)19(21)24(23)20(22)18-14(4)10-8-12(2)16(18)6/h7-10H,1-6H3/q+1. The second kappa shape index (κ2) is 6.78. The smallest absolute Gasteiger partial charge is 0.234 e. The third-order valence-electron chi connectivity index (χ3n) is 4.68. The van der Waals surface area contributed by atoms with Crippen molar-refractivity contribution < 1.29 is 14.2 Å². The first-order chi connectivity index (χ1) is 11.2. The summed E-state index contributed by atoms with van der Waals surface area (Å²) in [6, 6.07) is 7.50. The van der Waals surface area contributed by atoms with E-state index in [1.54, 1.807) is 13.8 Å². The molecule has 4 heteroatoms. The Bertz CT molecular complexity index is 807. The molecule has 124 valence electrons. The van der Waals surface area contributed by atoms with E-state index in [0.717, 1.165) is 33.4 Å². The van der Waals surface area contributed by atoms with Crippen LogP contribution in [0.4, 0.5) is 0 Å². The van der Waals surface area contributed by atoms with Gasteiger partial charge in [-0.25, -0.2) is 9.59 Å².